The van der Waals surface area contributed by atoms with Crippen LogP contribution < -0.4 is 10.2 Å². The second kappa shape index (κ2) is 41.1. The predicted molar refractivity (Wildman–Crippen MR) is 196 cm³/mol. The van der Waals surface area contributed by atoms with Crippen molar-refractivity contribution in [1.82, 2.24) is 0 Å². The van der Waals surface area contributed by atoms with E-state index in [2.05, 4.69) is 30.6 Å². The summed E-state index contributed by atoms with van der Waals surface area (Å²) in [4.78, 5) is 11.2. The van der Waals surface area contributed by atoms with Crippen molar-refractivity contribution >= 4 is 7.60 Å². The highest BCUT2D eigenvalue weighted by Gasteiger charge is 2.04. The third kappa shape index (κ3) is 44.2. The lowest BCUT2D eigenvalue weighted by atomic mass is 10.0. The minimum atomic E-state index is -3.51. The van der Waals surface area contributed by atoms with Gasteiger partial charge >= 0.3 is 0 Å². The minimum absolute atomic E-state index is 0.196. The van der Waals surface area contributed by atoms with Crippen molar-refractivity contribution in [1.29, 1.82) is 0 Å². The number of hydrogen-bond acceptors (Lipinski definition) is 3. The zero-order chi connectivity index (χ0) is 32.7. The van der Waals surface area contributed by atoms with Crippen molar-refractivity contribution in [2.45, 2.75) is 226 Å². The summed E-state index contributed by atoms with van der Waals surface area (Å²) >= 11 is 0. The van der Waals surface area contributed by atoms with Crippen molar-refractivity contribution in [3.63, 3.8) is 0 Å². The molecule has 0 rings (SSSR count). The molecule has 0 aromatic heterocycles. The van der Waals surface area contributed by atoms with E-state index in [0.29, 0.717) is 0 Å². The molecular weight excluding hydrogens is 561 g/mol. The second-order valence-electron chi connectivity index (χ2n) is 13.6. The fourth-order valence-electron chi connectivity index (χ4n) is 5.99. The average Bonchev–Trinajstić information content (AvgIpc) is 3.02. The molecule has 4 nitrogen and oxygen atoms in total. The first-order valence-electron chi connectivity index (χ1n) is 20.2. The van der Waals surface area contributed by atoms with Crippen molar-refractivity contribution < 1.29 is 19.3 Å². The number of quaternary nitrogens is 1. The van der Waals surface area contributed by atoms with Crippen LogP contribution in [0.3, 0.4) is 0 Å². The maximum atomic E-state index is 11.2. The zero-order valence-corrected chi connectivity index (χ0v) is 31.9. The van der Waals surface area contributed by atoms with E-state index in [1.165, 1.54) is 206 Å². The van der Waals surface area contributed by atoms with Gasteiger partial charge in [-0.1, -0.05) is 200 Å². The van der Waals surface area contributed by atoms with Gasteiger partial charge in [0.1, 0.15) is 7.60 Å². The van der Waals surface area contributed by atoms with Gasteiger partial charge in [-0.15, -0.1) is 0 Å². The Morgan fingerprint density at radius 3 is 0.932 bits per heavy atom. The molecule has 5 heteroatoms. The highest BCUT2D eigenvalue weighted by atomic mass is 31.2. The molecule has 0 fully saturated rings. The number of unbranched alkanes of at least 4 members (excludes halogenated alkanes) is 30. The molecule has 268 valence electrons. The molecule has 0 saturated carbocycles. The average molecular weight is 646 g/mol. The number of hydrogen-bond donors (Lipinski definition) is 1. The Morgan fingerprint density at radius 1 is 0.432 bits per heavy atom. The monoisotopic (exact) mass is 646 g/mol. The third-order valence-electron chi connectivity index (χ3n) is 9.11. The summed E-state index contributed by atoms with van der Waals surface area (Å²) in [7, 11) is -2.26. The molecule has 0 aliphatic rings. The van der Waals surface area contributed by atoms with Crippen LogP contribution in [0.5, 0.6) is 0 Å². The Bertz CT molecular complexity index is 527. The van der Waals surface area contributed by atoms with Gasteiger partial charge in [0, 0.05) is 13.3 Å². The van der Waals surface area contributed by atoms with Crippen LogP contribution in [0.15, 0.2) is 0 Å². The fraction of sp³-hybridized carbons (Fsp3) is 1.00. The van der Waals surface area contributed by atoms with E-state index in [4.69, 9.17) is 0 Å². The van der Waals surface area contributed by atoms with Gasteiger partial charge in [0.05, 0.1) is 13.1 Å². The van der Waals surface area contributed by atoms with Gasteiger partial charge < -0.3 is 19.3 Å². The molecule has 0 aromatic carbocycles. The Hall–Kier alpha value is 0.110. The highest BCUT2D eigenvalue weighted by molar-refractivity contribution is 7.51. The quantitative estimate of drug-likeness (QED) is 0.0544. The van der Waals surface area contributed by atoms with E-state index in [9.17, 15) is 9.46 Å². The van der Waals surface area contributed by atoms with Gasteiger partial charge in [-0.05, 0) is 26.2 Å². The van der Waals surface area contributed by atoms with Crippen molar-refractivity contribution in [2.24, 2.45) is 0 Å². The minimum Gasteiger partial charge on any atom is -0.779 e. The first-order chi connectivity index (χ1) is 21.5. The highest BCUT2D eigenvalue weighted by Crippen LogP contribution is 2.36. The van der Waals surface area contributed by atoms with Crippen LogP contribution in [0, 0.1) is 0 Å². The van der Waals surface area contributed by atoms with Crippen molar-refractivity contribution in [3.8, 4) is 0 Å². The lowest BCUT2D eigenvalue weighted by molar-refractivity contribution is -0.652. The van der Waals surface area contributed by atoms with Gasteiger partial charge in [0.2, 0.25) is 0 Å². The molecule has 1 unspecified atom stereocenters. The topological polar surface area (TPSA) is 66.0 Å². The molecule has 2 N–H and O–H groups in total. The summed E-state index contributed by atoms with van der Waals surface area (Å²) in [5.41, 5.74) is 0. The maximum Gasteiger partial charge on any atom is 0.134 e. The molecule has 0 radical (unpaired) electrons. The van der Waals surface area contributed by atoms with Gasteiger partial charge in [-0.25, -0.2) is 0 Å². The van der Waals surface area contributed by atoms with E-state index in [1.807, 2.05) is 0 Å². The summed E-state index contributed by atoms with van der Waals surface area (Å²) in [6.45, 7) is 9.40. The smallest absolute Gasteiger partial charge is 0.134 e. The first-order valence-corrected chi connectivity index (χ1v) is 21.9. The number of rotatable bonds is 36. The lowest BCUT2D eigenvalue weighted by Gasteiger charge is -2.20. The van der Waals surface area contributed by atoms with Gasteiger partial charge in [-0.2, -0.15) is 0 Å². The first kappa shape index (κ1) is 46.2. The zero-order valence-electron chi connectivity index (χ0n) is 31.0. The molecule has 44 heavy (non-hydrogen) atoms. The molecular formula is C39H84NO3P. The van der Waals surface area contributed by atoms with Gasteiger partial charge in [0.15, 0.2) is 0 Å². The lowest BCUT2D eigenvalue weighted by Crippen LogP contribution is -2.83. The molecule has 0 saturated heterocycles. The third-order valence-corrected chi connectivity index (χ3v) is 10.5. The van der Waals surface area contributed by atoms with Gasteiger partial charge in [0.25, 0.3) is 0 Å². The van der Waals surface area contributed by atoms with Crippen LogP contribution in [-0.2, 0) is 9.09 Å². The van der Waals surface area contributed by atoms with Crippen LogP contribution >= 0.6 is 7.60 Å². The Morgan fingerprint density at radius 2 is 0.682 bits per heavy atom. The Balaban J connectivity index is 0. The van der Waals surface area contributed by atoms with Crippen LogP contribution in [0.25, 0.3) is 0 Å². The van der Waals surface area contributed by atoms with Crippen LogP contribution in [-0.4, -0.2) is 26.4 Å². The van der Waals surface area contributed by atoms with Crippen LogP contribution in [0.1, 0.15) is 226 Å². The van der Waals surface area contributed by atoms with E-state index >= 15 is 0 Å². The molecule has 1 atom stereocenters. The summed E-state index contributed by atoms with van der Waals surface area (Å²) in [5, 5.41) is 2.42. The SMILES string of the molecule is CCCCCCCCCCCCCCCCCCP(=O)([O-])OC.CCCCCCCCCCCCCCCCCC[NH2+]CC. The standard InChI is InChI=1S/C20H43N.C19H41O3P/c1-3-5-6-7-8-9-10-11-12-13-14-15-16-17-18-19-20-21-4-2;1-3-4-5-6-7-8-9-10-11-12-13-14-15-16-17-18-19-23(20,21)22-2/h21H,3-20H2,1-2H3;3-19H2,1-2H3,(H,20,21). The molecule has 0 bridgehead atoms. The summed E-state index contributed by atoms with van der Waals surface area (Å²) in [6, 6.07) is 0. The number of nitrogens with two attached hydrogens (primary N) is 1. The maximum absolute atomic E-state index is 11.2. The summed E-state index contributed by atoms with van der Waals surface area (Å²) in [5.74, 6) is 0. The van der Waals surface area contributed by atoms with Crippen molar-refractivity contribution in [2.75, 3.05) is 26.4 Å². The van der Waals surface area contributed by atoms with Gasteiger partial charge in [-0.3, -0.25) is 0 Å². The normalized spacial score (nSPS) is 12.7. The Kier molecular flexibility index (Phi) is 43.2. The Labute approximate surface area is 279 Å². The molecule has 0 spiro atoms. The van der Waals surface area contributed by atoms with Crippen molar-refractivity contribution in [3.05, 3.63) is 0 Å². The van der Waals surface area contributed by atoms with Crippen LogP contribution in [0.4, 0.5) is 0 Å². The molecule has 0 heterocycles. The van der Waals surface area contributed by atoms with E-state index in [0.717, 1.165) is 19.3 Å². The largest absolute Gasteiger partial charge is 0.779 e. The second-order valence-corrected chi connectivity index (χ2v) is 15.6. The fourth-order valence-corrected chi connectivity index (χ4v) is 6.78. The van der Waals surface area contributed by atoms with E-state index in [-0.39, 0.29) is 6.16 Å². The van der Waals surface area contributed by atoms with Crippen LogP contribution in [0.2, 0.25) is 0 Å². The molecule has 0 aliphatic carbocycles. The molecule has 0 aromatic rings. The summed E-state index contributed by atoms with van der Waals surface area (Å²) in [6.07, 6.45) is 44.5. The van der Waals surface area contributed by atoms with E-state index in [1.54, 1.807) is 0 Å². The van der Waals surface area contributed by atoms with E-state index < -0.39 is 7.60 Å². The predicted octanol–water partition coefficient (Wildman–Crippen LogP) is 12.3. The summed E-state index contributed by atoms with van der Waals surface area (Å²) < 4.78 is 15.6. The molecule has 0 amide bonds. The molecule has 0 aliphatic heterocycles.